The average molecular weight is 297 g/mol. The molecule has 2 rings (SSSR count). The van der Waals surface area contributed by atoms with E-state index in [0.717, 1.165) is 22.2 Å². The van der Waals surface area contributed by atoms with Gasteiger partial charge >= 0.3 is 0 Å². The molecule has 0 radical (unpaired) electrons. The largest absolute Gasteiger partial charge is 0.324 e. The number of rotatable bonds is 3. The smallest absolute Gasteiger partial charge is 0.0375 e. The Labute approximate surface area is 108 Å². The first-order valence-corrected chi connectivity index (χ1v) is 6.73. The summed E-state index contributed by atoms with van der Waals surface area (Å²) in [5, 5.41) is 2.08. The first kappa shape index (κ1) is 11.8. The van der Waals surface area contributed by atoms with Gasteiger partial charge in [-0.1, -0.05) is 0 Å². The Morgan fingerprint density at radius 1 is 1.50 bits per heavy atom. The fraction of sp³-hybridized carbons (Fsp3) is 0.250. The Balaban J connectivity index is 2.11. The number of aryl methyl sites for hydroxylation is 1. The van der Waals surface area contributed by atoms with E-state index in [1.54, 1.807) is 11.3 Å². The second kappa shape index (κ2) is 5.08. The van der Waals surface area contributed by atoms with E-state index < -0.39 is 0 Å². The third-order valence-corrected chi connectivity index (χ3v) is 4.11. The van der Waals surface area contributed by atoms with Crippen LogP contribution in [0.25, 0.3) is 0 Å². The van der Waals surface area contributed by atoms with Crippen LogP contribution in [0, 0.1) is 6.92 Å². The number of pyridine rings is 1. The molecule has 2 heterocycles. The average Bonchev–Trinajstić information content (AvgIpc) is 2.64. The van der Waals surface area contributed by atoms with Crippen LogP contribution in [0.3, 0.4) is 0 Å². The van der Waals surface area contributed by atoms with Gasteiger partial charge in [-0.2, -0.15) is 0 Å². The minimum absolute atomic E-state index is 0.0484. The van der Waals surface area contributed by atoms with E-state index in [0.29, 0.717) is 0 Å². The molecule has 0 aliphatic carbocycles. The highest BCUT2D eigenvalue weighted by Crippen LogP contribution is 2.24. The topological polar surface area (TPSA) is 38.9 Å². The molecule has 0 aliphatic heterocycles. The van der Waals surface area contributed by atoms with Crippen LogP contribution in [-0.2, 0) is 6.42 Å². The van der Waals surface area contributed by atoms with Crippen molar-refractivity contribution in [3.8, 4) is 0 Å². The standard InChI is InChI=1S/C12H13BrN2S/c1-8-4-9(2-3-15-8)12(14)6-11-5-10(13)7-16-11/h2-5,7,12H,6,14H2,1H3. The molecule has 0 spiro atoms. The van der Waals surface area contributed by atoms with E-state index >= 15 is 0 Å². The number of hydrogen-bond donors (Lipinski definition) is 1. The zero-order chi connectivity index (χ0) is 11.5. The summed E-state index contributed by atoms with van der Waals surface area (Å²) in [5.74, 6) is 0. The summed E-state index contributed by atoms with van der Waals surface area (Å²) >= 11 is 5.18. The molecule has 0 aromatic carbocycles. The van der Waals surface area contributed by atoms with Gasteiger partial charge in [0.2, 0.25) is 0 Å². The van der Waals surface area contributed by atoms with E-state index in [2.05, 4.69) is 32.4 Å². The van der Waals surface area contributed by atoms with Crippen molar-refractivity contribution in [3.63, 3.8) is 0 Å². The van der Waals surface area contributed by atoms with Crippen molar-refractivity contribution >= 4 is 27.3 Å². The number of nitrogens with two attached hydrogens (primary N) is 1. The number of hydrogen-bond acceptors (Lipinski definition) is 3. The molecular weight excluding hydrogens is 284 g/mol. The Hall–Kier alpha value is -0.710. The van der Waals surface area contributed by atoms with Crippen LogP contribution in [-0.4, -0.2) is 4.98 Å². The number of nitrogens with zero attached hydrogens (tertiary/aromatic N) is 1. The first-order valence-electron chi connectivity index (χ1n) is 5.06. The fourth-order valence-corrected chi connectivity index (χ4v) is 3.10. The van der Waals surface area contributed by atoms with Crippen LogP contribution in [0.2, 0.25) is 0 Å². The molecule has 0 fully saturated rings. The molecule has 1 atom stereocenters. The Bertz CT molecular complexity index is 481. The lowest BCUT2D eigenvalue weighted by molar-refractivity contribution is 0.727. The van der Waals surface area contributed by atoms with Crippen molar-refractivity contribution in [2.45, 2.75) is 19.4 Å². The van der Waals surface area contributed by atoms with Crippen LogP contribution >= 0.6 is 27.3 Å². The lowest BCUT2D eigenvalue weighted by atomic mass is 10.0. The van der Waals surface area contributed by atoms with Crippen molar-refractivity contribution in [3.05, 3.63) is 50.4 Å². The molecule has 0 amide bonds. The Kier molecular flexibility index (Phi) is 3.74. The molecule has 16 heavy (non-hydrogen) atoms. The maximum atomic E-state index is 6.17. The van der Waals surface area contributed by atoms with Crippen molar-refractivity contribution in [1.29, 1.82) is 0 Å². The summed E-state index contributed by atoms with van der Waals surface area (Å²) in [6.45, 7) is 1.98. The van der Waals surface area contributed by atoms with Crippen LogP contribution in [0.5, 0.6) is 0 Å². The lowest BCUT2D eigenvalue weighted by Gasteiger charge is -2.10. The summed E-state index contributed by atoms with van der Waals surface area (Å²) in [5.41, 5.74) is 8.33. The van der Waals surface area contributed by atoms with E-state index in [9.17, 15) is 0 Å². The van der Waals surface area contributed by atoms with Crippen LogP contribution < -0.4 is 5.73 Å². The number of halogens is 1. The maximum absolute atomic E-state index is 6.17. The highest BCUT2D eigenvalue weighted by atomic mass is 79.9. The maximum Gasteiger partial charge on any atom is 0.0375 e. The minimum Gasteiger partial charge on any atom is -0.324 e. The highest BCUT2D eigenvalue weighted by Gasteiger charge is 2.08. The Morgan fingerprint density at radius 3 is 2.94 bits per heavy atom. The van der Waals surface area contributed by atoms with Gasteiger partial charge in [-0.15, -0.1) is 11.3 Å². The summed E-state index contributed by atoms with van der Waals surface area (Å²) in [4.78, 5) is 5.47. The SMILES string of the molecule is Cc1cc(C(N)Cc2cc(Br)cs2)ccn1. The molecule has 0 aliphatic rings. The molecule has 84 valence electrons. The van der Waals surface area contributed by atoms with Crippen LogP contribution in [0.15, 0.2) is 34.2 Å². The predicted molar refractivity (Wildman–Crippen MR) is 71.6 cm³/mol. The van der Waals surface area contributed by atoms with Gasteiger partial charge in [-0.25, -0.2) is 0 Å². The minimum atomic E-state index is 0.0484. The molecule has 0 saturated carbocycles. The second-order valence-corrected chi connectivity index (χ2v) is 5.68. The van der Waals surface area contributed by atoms with E-state index in [1.807, 2.05) is 25.3 Å². The normalized spacial score (nSPS) is 12.7. The van der Waals surface area contributed by atoms with E-state index in [1.165, 1.54) is 4.88 Å². The zero-order valence-corrected chi connectivity index (χ0v) is 11.4. The van der Waals surface area contributed by atoms with Gasteiger partial charge in [0.15, 0.2) is 0 Å². The van der Waals surface area contributed by atoms with Crippen molar-refractivity contribution in [2.24, 2.45) is 5.73 Å². The summed E-state index contributed by atoms with van der Waals surface area (Å²) in [7, 11) is 0. The lowest BCUT2D eigenvalue weighted by Crippen LogP contribution is -2.12. The molecule has 2 N–H and O–H groups in total. The van der Waals surface area contributed by atoms with Gasteiger partial charge < -0.3 is 5.73 Å². The third kappa shape index (κ3) is 2.90. The van der Waals surface area contributed by atoms with Gasteiger partial charge in [0.1, 0.15) is 0 Å². The van der Waals surface area contributed by atoms with Gasteiger partial charge in [0.05, 0.1) is 0 Å². The molecule has 4 heteroatoms. The Morgan fingerprint density at radius 2 is 2.31 bits per heavy atom. The van der Waals surface area contributed by atoms with Crippen molar-refractivity contribution in [2.75, 3.05) is 0 Å². The van der Waals surface area contributed by atoms with Gasteiger partial charge in [-0.3, -0.25) is 4.98 Å². The number of thiophene rings is 1. The molecule has 0 saturated heterocycles. The van der Waals surface area contributed by atoms with E-state index in [-0.39, 0.29) is 6.04 Å². The van der Waals surface area contributed by atoms with Crippen LogP contribution in [0.4, 0.5) is 0 Å². The second-order valence-electron chi connectivity index (χ2n) is 3.77. The fourth-order valence-electron chi connectivity index (χ4n) is 1.59. The van der Waals surface area contributed by atoms with Crippen molar-refractivity contribution < 1.29 is 0 Å². The van der Waals surface area contributed by atoms with E-state index in [4.69, 9.17) is 5.73 Å². The third-order valence-electron chi connectivity index (χ3n) is 2.39. The first-order chi connectivity index (χ1) is 7.65. The van der Waals surface area contributed by atoms with Crippen LogP contribution in [0.1, 0.15) is 22.2 Å². The molecule has 2 aromatic rings. The van der Waals surface area contributed by atoms with Crippen molar-refractivity contribution in [1.82, 2.24) is 4.98 Å². The summed E-state index contributed by atoms with van der Waals surface area (Å²) in [6, 6.07) is 6.21. The summed E-state index contributed by atoms with van der Waals surface area (Å²) in [6.07, 6.45) is 2.69. The molecular formula is C12H13BrN2S. The van der Waals surface area contributed by atoms with Gasteiger partial charge in [-0.05, 0) is 46.6 Å². The predicted octanol–water partition coefficient (Wildman–Crippen LogP) is 3.46. The quantitative estimate of drug-likeness (QED) is 0.942. The summed E-state index contributed by atoms with van der Waals surface area (Å²) < 4.78 is 1.13. The molecule has 1 unspecified atom stereocenters. The molecule has 0 bridgehead atoms. The zero-order valence-electron chi connectivity index (χ0n) is 8.98. The molecule has 2 nitrogen and oxygen atoms in total. The monoisotopic (exact) mass is 296 g/mol. The highest BCUT2D eigenvalue weighted by molar-refractivity contribution is 9.10. The van der Waals surface area contributed by atoms with Gasteiger partial charge in [0, 0.05) is 39.1 Å². The molecule has 2 aromatic heterocycles. The van der Waals surface area contributed by atoms with Gasteiger partial charge in [0.25, 0.3) is 0 Å². The number of aromatic nitrogens is 1.